The maximum Gasteiger partial charge on any atom is 0.263 e. The van der Waals surface area contributed by atoms with E-state index in [1.54, 1.807) is 30.7 Å². The van der Waals surface area contributed by atoms with Crippen molar-refractivity contribution in [2.24, 2.45) is 5.92 Å². The van der Waals surface area contributed by atoms with Crippen LogP contribution in [0.5, 0.6) is 5.75 Å². The number of anilines is 2. The van der Waals surface area contributed by atoms with Crippen LogP contribution in [0.25, 0.3) is 11.0 Å². The second kappa shape index (κ2) is 12.1. The molecule has 2 aliphatic rings. The molecule has 1 aromatic carbocycles. The molecule has 2 saturated heterocycles. The number of carbonyl (C=O) groups excluding carboxylic acids is 1. The van der Waals surface area contributed by atoms with E-state index < -0.39 is 0 Å². The Hall–Kier alpha value is -4.02. The minimum Gasteiger partial charge on any atom is -0.489 e. The van der Waals surface area contributed by atoms with Gasteiger partial charge in [0.1, 0.15) is 17.5 Å². The molecule has 42 heavy (non-hydrogen) atoms. The average Bonchev–Trinajstić information content (AvgIpc) is 3.64. The SMILES string of the molecule is CC(C)C(=O)c1cc2cnc(Nc3ccc(OC4CCN(C)C4)cc3)nc2n(Cc2cccn2C2CCOCC2)c1=O. The number of pyridine rings is 1. The van der Waals surface area contributed by atoms with Gasteiger partial charge in [-0.25, -0.2) is 4.98 Å². The van der Waals surface area contributed by atoms with E-state index in [2.05, 4.69) is 33.0 Å². The van der Waals surface area contributed by atoms with Crippen molar-refractivity contribution in [3.05, 3.63) is 76.5 Å². The van der Waals surface area contributed by atoms with Crippen molar-refractivity contribution in [3.63, 3.8) is 0 Å². The highest BCUT2D eigenvalue weighted by Crippen LogP contribution is 2.25. The summed E-state index contributed by atoms with van der Waals surface area (Å²) in [5.41, 5.74) is 2.08. The third kappa shape index (κ3) is 5.96. The lowest BCUT2D eigenvalue weighted by atomic mass is 10.0. The highest BCUT2D eigenvalue weighted by molar-refractivity contribution is 5.99. The van der Waals surface area contributed by atoms with Gasteiger partial charge in [-0.3, -0.25) is 14.2 Å². The first-order valence-electron chi connectivity index (χ1n) is 14.8. The number of hydrogen-bond donors (Lipinski definition) is 1. The molecule has 3 aromatic heterocycles. The Kier molecular flexibility index (Phi) is 8.08. The fourth-order valence-corrected chi connectivity index (χ4v) is 5.83. The largest absolute Gasteiger partial charge is 0.489 e. The van der Waals surface area contributed by atoms with Gasteiger partial charge in [0.25, 0.3) is 5.56 Å². The van der Waals surface area contributed by atoms with Crippen LogP contribution >= 0.6 is 0 Å². The van der Waals surface area contributed by atoms with Crippen LogP contribution in [0.2, 0.25) is 0 Å². The van der Waals surface area contributed by atoms with Crippen LogP contribution in [0.15, 0.2) is 59.7 Å². The topological polar surface area (TPSA) is 104 Å². The quantitative estimate of drug-likeness (QED) is 0.290. The van der Waals surface area contributed by atoms with Gasteiger partial charge in [-0.05, 0) is 68.8 Å². The lowest BCUT2D eigenvalue weighted by Gasteiger charge is -2.26. The lowest BCUT2D eigenvalue weighted by molar-refractivity contribution is 0.0689. The van der Waals surface area contributed by atoms with Crippen molar-refractivity contribution in [2.75, 3.05) is 38.7 Å². The molecule has 6 rings (SSSR count). The van der Waals surface area contributed by atoms with Crippen LogP contribution in [0.3, 0.4) is 0 Å². The summed E-state index contributed by atoms with van der Waals surface area (Å²) >= 11 is 0. The molecular weight excluding hydrogens is 532 g/mol. The van der Waals surface area contributed by atoms with Crippen molar-refractivity contribution in [2.45, 2.75) is 51.8 Å². The summed E-state index contributed by atoms with van der Waals surface area (Å²) < 4.78 is 15.5. The molecule has 0 amide bonds. The van der Waals surface area contributed by atoms with Crippen molar-refractivity contribution in [1.82, 2.24) is 24.0 Å². The predicted molar refractivity (Wildman–Crippen MR) is 162 cm³/mol. The average molecular weight is 571 g/mol. The van der Waals surface area contributed by atoms with Crippen LogP contribution in [0.1, 0.15) is 55.2 Å². The molecule has 0 radical (unpaired) electrons. The first kappa shape index (κ1) is 28.1. The molecule has 2 aliphatic heterocycles. The first-order chi connectivity index (χ1) is 20.4. The van der Waals surface area contributed by atoms with Crippen LogP contribution in [0, 0.1) is 5.92 Å². The van der Waals surface area contributed by atoms with E-state index in [0.29, 0.717) is 23.0 Å². The second-order valence-corrected chi connectivity index (χ2v) is 11.6. The Morgan fingerprint density at radius 1 is 1.14 bits per heavy atom. The fraction of sp³-hybridized carbons (Fsp3) is 0.438. The molecule has 0 saturated carbocycles. The molecule has 1 N–H and O–H groups in total. The summed E-state index contributed by atoms with van der Waals surface area (Å²) in [7, 11) is 2.10. The Morgan fingerprint density at radius 2 is 1.93 bits per heavy atom. The van der Waals surface area contributed by atoms with Crippen molar-refractivity contribution < 1.29 is 14.3 Å². The molecule has 4 aromatic rings. The summed E-state index contributed by atoms with van der Waals surface area (Å²) in [4.78, 5) is 38.4. The van der Waals surface area contributed by atoms with Gasteiger partial charge in [-0.15, -0.1) is 0 Å². The number of fused-ring (bicyclic) bond motifs is 1. The number of rotatable bonds is 9. The molecule has 220 valence electrons. The maximum atomic E-state index is 13.8. The van der Waals surface area contributed by atoms with Gasteiger partial charge in [0.2, 0.25) is 5.95 Å². The zero-order valence-electron chi connectivity index (χ0n) is 24.5. The Morgan fingerprint density at radius 3 is 2.64 bits per heavy atom. The van der Waals surface area contributed by atoms with Crippen molar-refractivity contribution in [3.8, 4) is 5.75 Å². The second-order valence-electron chi connectivity index (χ2n) is 11.6. The number of likely N-dealkylation sites (N-methyl/N-ethyl adjacent to an activating group) is 1. The molecule has 10 heteroatoms. The number of nitrogens with one attached hydrogen (secondary N) is 1. The Balaban J connectivity index is 1.31. The molecule has 0 spiro atoms. The van der Waals surface area contributed by atoms with Crippen LogP contribution < -0.4 is 15.6 Å². The number of aromatic nitrogens is 4. The van der Waals surface area contributed by atoms with Gasteiger partial charge in [0.05, 0.1) is 12.1 Å². The number of likely N-dealkylation sites (tertiary alicyclic amines) is 1. The van der Waals surface area contributed by atoms with Crippen LogP contribution in [0.4, 0.5) is 11.6 Å². The molecular formula is C32H38N6O4. The van der Waals surface area contributed by atoms with Crippen LogP contribution in [-0.4, -0.2) is 69.2 Å². The first-order valence-corrected chi connectivity index (χ1v) is 14.8. The van der Waals surface area contributed by atoms with E-state index in [9.17, 15) is 9.59 Å². The highest BCUT2D eigenvalue weighted by Gasteiger charge is 2.23. The number of hydrogen-bond acceptors (Lipinski definition) is 8. The van der Waals surface area contributed by atoms with Gasteiger partial charge < -0.3 is 24.3 Å². The van der Waals surface area contributed by atoms with E-state index in [-0.39, 0.29) is 35.5 Å². The number of carbonyl (C=O) groups is 1. The standard InChI is InChI=1S/C32H38N6O4/c1-21(2)29(39)28-17-22-18-33-32(34-23-6-8-26(9-7-23)42-27-10-14-36(3)20-27)35-30(22)38(31(28)40)19-25-5-4-13-37(25)24-11-15-41-16-12-24/h4-9,13,17-18,21,24,27H,10-12,14-16,19-20H2,1-3H3,(H,33,34,35). The third-order valence-corrected chi connectivity index (χ3v) is 8.15. The summed E-state index contributed by atoms with van der Waals surface area (Å²) in [6, 6.07) is 13.7. The number of ketones is 1. The summed E-state index contributed by atoms with van der Waals surface area (Å²) in [5, 5.41) is 3.90. The molecule has 1 atom stereocenters. The van der Waals surface area contributed by atoms with E-state index in [1.165, 1.54) is 0 Å². The van der Waals surface area contributed by atoms with Gasteiger partial charge >= 0.3 is 0 Å². The van der Waals surface area contributed by atoms with Crippen LogP contribution in [-0.2, 0) is 11.3 Å². The van der Waals surface area contributed by atoms with Crippen molar-refractivity contribution in [1.29, 1.82) is 0 Å². The molecule has 10 nitrogen and oxygen atoms in total. The molecule has 1 unspecified atom stereocenters. The van der Waals surface area contributed by atoms with Gasteiger partial charge in [0.15, 0.2) is 5.78 Å². The zero-order valence-corrected chi connectivity index (χ0v) is 24.5. The third-order valence-electron chi connectivity index (χ3n) is 8.15. The predicted octanol–water partition coefficient (Wildman–Crippen LogP) is 4.66. The summed E-state index contributed by atoms with van der Waals surface area (Å²) in [6.07, 6.45) is 6.79. The Labute approximate surface area is 245 Å². The Bertz CT molecular complexity index is 1620. The van der Waals surface area contributed by atoms with E-state index in [1.807, 2.05) is 36.4 Å². The van der Waals surface area contributed by atoms with Gasteiger partial charge in [0, 0.05) is 67.4 Å². The number of nitrogens with zero attached hydrogens (tertiary/aromatic N) is 5. The monoisotopic (exact) mass is 570 g/mol. The molecule has 0 bridgehead atoms. The van der Waals surface area contributed by atoms with Crippen molar-refractivity contribution >= 4 is 28.5 Å². The fourth-order valence-electron chi connectivity index (χ4n) is 5.83. The van der Waals surface area contributed by atoms with Gasteiger partial charge in [-0.1, -0.05) is 13.8 Å². The maximum absolute atomic E-state index is 13.8. The number of ether oxygens (including phenoxy) is 2. The minimum atomic E-state index is -0.343. The molecule has 5 heterocycles. The van der Waals surface area contributed by atoms with E-state index in [0.717, 1.165) is 62.7 Å². The van der Waals surface area contributed by atoms with E-state index >= 15 is 0 Å². The molecule has 2 fully saturated rings. The normalized spacial score (nSPS) is 18.1. The van der Waals surface area contributed by atoms with E-state index in [4.69, 9.17) is 14.5 Å². The van der Waals surface area contributed by atoms with Gasteiger partial charge in [-0.2, -0.15) is 4.98 Å². The number of benzene rings is 1. The lowest BCUT2D eigenvalue weighted by Crippen LogP contribution is -2.30. The number of Topliss-reactive ketones (excluding diaryl/α,β-unsaturated/α-hetero) is 1. The summed E-state index contributed by atoms with van der Waals surface area (Å²) in [6.45, 7) is 7.31. The molecule has 0 aliphatic carbocycles. The highest BCUT2D eigenvalue weighted by atomic mass is 16.5. The minimum absolute atomic E-state index is 0.162. The summed E-state index contributed by atoms with van der Waals surface area (Å²) in [5.74, 6) is 0.691. The smallest absolute Gasteiger partial charge is 0.263 e. The zero-order chi connectivity index (χ0) is 29.2.